The van der Waals surface area contributed by atoms with Gasteiger partial charge in [0, 0.05) is 7.05 Å². The standard InChI is InChI=1S/C14H17N3O5S/c1-10-4-6-12(7-5-10)23(19,20)17(3)8-14(18)21-9-13-15-11(2)16-22-13/h4-7H,8-9H2,1-3H3. The predicted octanol–water partition coefficient (Wildman–Crippen LogP) is 1.05. The van der Waals surface area contributed by atoms with Crippen LogP contribution in [0.5, 0.6) is 0 Å². The van der Waals surface area contributed by atoms with E-state index in [0.717, 1.165) is 9.87 Å². The molecule has 9 heteroatoms. The van der Waals surface area contributed by atoms with Gasteiger partial charge in [-0.2, -0.15) is 9.29 Å². The highest BCUT2D eigenvalue weighted by Crippen LogP contribution is 2.15. The number of hydrogen-bond acceptors (Lipinski definition) is 7. The van der Waals surface area contributed by atoms with Gasteiger partial charge >= 0.3 is 5.97 Å². The minimum atomic E-state index is -3.75. The second-order valence-corrected chi connectivity index (χ2v) is 7.02. The highest BCUT2D eigenvalue weighted by Gasteiger charge is 2.23. The maximum Gasteiger partial charge on any atom is 0.321 e. The lowest BCUT2D eigenvalue weighted by Gasteiger charge is -2.16. The highest BCUT2D eigenvalue weighted by molar-refractivity contribution is 7.89. The molecule has 0 aliphatic rings. The average Bonchev–Trinajstić information content (AvgIpc) is 2.91. The van der Waals surface area contributed by atoms with Crippen molar-refractivity contribution in [2.75, 3.05) is 13.6 Å². The van der Waals surface area contributed by atoms with Crippen LogP contribution in [-0.4, -0.2) is 42.4 Å². The van der Waals surface area contributed by atoms with Crippen molar-refractivity contribution in [2.45, 2.75) is 25.3 Å². The number of hydrogen-bond donors (Lipinski definition) is 0. The van der Waals surface area contributed by atoms with Crippen molar-refractivity contribution in [1.82, 2.24) is 14.4 Å². The Hall–Kier alpha value is -2.26. The summed E-state index contributed by atoms with van der Waals surface area (Å²) in [6.07, 6.45) is 0. The van der Waals surface area contributed by atoms with E-state index in [4.69, 9.17) is 9.26 Å². The number of rotatable bonds is 6. The third kappa shape index (κ3) is 4.36. The minimum Gasteiger partial charge on any atom is -0.455 e. The summed E-state index contributed by atoms with van der Waals surface area (Å²) in [7, 11) is -2.44. The van der Waals surface area contributed by atoms with Gasteiger partial charge in [0.1, 0.15) is 6.54 Å². The van der Waals surface area contributed by atoms with Crippen LogP contribution in [0.1, 0.15) is 17.3 Å². The lowest BCUT2D eigenvalue weighted by molar-refractivity contribution is -0.145. The first-order valence-corrected chi connectivity index (χ1v) is 8.21. The summed E-state index contributed by atoms with van der Waals surface area (Å²) in [4.78, 5) is 15.7. The molecule has 2 rings (SSSR count). The molecule has 0 radical (unpaired) electrons. The number of carbonyl (C=O) groups is 1. The van der Waals surface area contributed by atoms with Gasteiger partial charge in [-0.25, -0.2) is 8.42 Å². The summed E-state index contributed by atoms with van der Waals surface area (Å²) in [5, 5.41) is 3.56. The Morgan fingerprint density at radius 1 is 1.26 bits per heavy atom. The molecule has 1 heterocycles. The molecule has 2 aromatic rings. The van der Waals surface area contributed by atoms with Crippen LogP contribution in [-0.2, 0) is 26.2 Å². The van der Waals surface area contributed by atoms with Gasteiger partial charge in [-0.05, 0) is 26.0 Å². The number of benzene rings is 1. The van der Waals surface area contributed by atoms with Crippen LogP contribution in [0.3, 0.4) is 0 Å². The summed E-state index contributed by atoms with van der Waals surface area (Å²) >= 11 is 0. The molecule has 8 nitrogen and oxygen atoms in total. The van der Waals surface area contributed by atoms with Crippen LogP contribution in [0.15, 0.2) is 33.7 Å². The fraction of sp³-hybridized carbons (Fsp3) is 0.357. The number of carbonyl (C=O) groups excluding carboxylic acids is 1. The smallest absolute Gasteiger partial charge is 0.321 e. The summed E-state index contributed by atoms with van der Waals surface area (Å²) in [5.74, 6) is -0.131. The van der Waals surface area contributed by atoms with Gasteiger partial charge in [0.2, 0.25) is 10.0 Å². The van der Waals surface area contributed by atoms with Crippen molar-refractivity contribution in [3.8, 4) is 0 Å². The van der Waals surface area contributed by atoms with Gasteiger partial charge in [0.15, 0.2) is 12.4 Å². The molecule has 1 aromatic heterocycles. The summed E-state index contributed by atoms with van der Waals surface area (Å²) in [6.45, 7) is 2.88. The molecule has 0 saturated carbocycles. The molecule has 0 fully saturated rings. The molecule has 0 saturated heterocycles. The molecular weight excluding hydrogens is 322 g/mol. The van der Waals surface area contributed by atoms with Crippen LogP contribution in [0, 0.1) is 13.8 Å². The maximum atomic E-state index is 12.3. The molecule has 0 atom stereocenters. The molecule has 0 unspecified atom stereocenters. The van der Waals surface area contributed by atoms with E-state index in [1.165, 1.54) is 19.2 Å². The fourth-order valence-electron chi connectivity index (χ4n) is 1.74. The van der Waals surface area contributed by atoms with Gasteiger partial charge in [0.25, 0.3) is 5.89 Å². The number of nitrogens with zero attached hydrogens (tertiary/aromatic N) is 3. The van der Waals surface area contributed by atoms with Crippen molar-refractivity contribution >= 4 is 16.0 Å². The van der Waals surface area contributed by atoms with Crippen LogP contribution >= 0.6 is 0 Å². The molecule has 124 valence electrons. The van der Waals surface area contributed by atoms with Gasteiger partial charge in [-0.3, -0.25) is 4.79 Å². The van der Waals surface area contributed by atoms with Crippen molar-refractivity contribution in [2.24, 2.45) is 0 Å². The second-order valence-electron chi connectivity index (χ2n) is 4.97. The third-order valence-electron chi connectivity index (χ3n) is 3.01. The predicted molar refractivity (Wildman–Crippen MR) is 79.8 cm³/mol. The van der Waals surface area contributed by atoms with Crippen LogP contribution in [0.2, 0.25) is 0 Å². The van der Waals surface area contributed by atoms with Crippen molar-refractivity contribution in [1.29, 1.82) is 0 Å². The summed E-state index contributed by atoms with van der Waals surface area (Å²) in [6, 6.07) is 6.37. The van der Waals surface area contributed by atoms with Gasteiger partial charge in [-0.15, -0.1) is 0 Å². The van der Waals surface area contributed by atoms with Crippen molar-refractivity contribution in [3.05, 3.63) is 41.5 Å². The van der Waals surface area contributed by atoms with Crippen molar-refractivity contribution < 1.29 is 22.5 Å². The number of aromatic nitrogens is 2. The zero-order valence-corrected chi connectivity index (χ0v) is 13.8. The largest absolute Gasteiger partial charge is 0.455 e. The minimum absolute atomic E-state index is 0.117. The van der Waals surface area contributed by atoms with E-state index in [-0.39, 0.29) is 17.4 Å². The first-order valence-electron chi connectivity index (χ1n) is 6.77. The van der Waals surface area contributed by atoms with Gasteiger partial charge < -0.3 is 9.26 Å². The second kappa shape index (κ2) is 6.88. The zero-order chi connectivity index (χ0) is 17.0. The average molecular weight is 339 g/mol. The molecule has 1 aromatic carbocycles. The molecule has 0 aliphatic heterocycles. The number of sulfonamides is 1. The molecule has 0 spiro atoms. The Balaban J connectivity index is 1.95. The topological polar surface area (TPSA) is 103 Å². The van der Waals surface area contributed by atoms with Crippen molar-refractivity contribution in [3.63, 3.8) is 0 Å². The van der Waals surface area contributed by atoms with E-state index in [0.29, 0.717) is 5.82 Å². The quantitative estimate of drug-likeness (QED) is 0.725. The lowest BCUT2D eigenvalue weighted by atomic mass is 10.2. The van der Waals surface area contributed by atoms with E-state index < -0.39 is 22.5 Å². The molecule has 23 heavy (non-hydrogen) atoms. The fourth-order valence-corrected chi connectivity index (χ4v) is 2.86. The first-order chi connectivity index (χ1) is 10.8. The Morgan fingerprint density at radius 3 is 2.48 bits per heavy atom. The summed E-state index contributed by atoms with van der Waals surface area (Å²) in [5.41, 5.74) is 0.945. The molecule has 0 amide bonds. The monoisotopic (exact) mass is 339 g/mol. The van der Waals surface area contributed by atoms with E-state index in [1.807, 2.05) is 6.92 Å². The number of likely N-dealkylation sites (N-methyl/N-ethyl adjacent to an activating group) is 1. The van der Waals surface area contributed by atoms with Crippen LogP contribution < -0.4 is 0 Å². The van der Waals surface area contributed by atoms with Crippen LogP contribution in [0.25, 0.3) is 0 Å². The van der Waals surface area contributed by atoms with Gasteiger partial charge in [-0.1, -0.05) is 22.9 Å². The molecule has 0 bridgehead atoms. The molecule has 0 N–H and O–H groups in total. The Bertz CT molecular complexity index is 783. The molecule has 0 aliphatic carbocycles. The maximum absolute atomic E-state index is 12.3. The number of ether oxygens (including phenoxy) is 1. The van der Waals surface area contributed by atoms with Gasteiger partial charge in [0.05, 0.1) is 4.90 Å². The first kappa shape index (κ1) is 17.1. The van der Waals surface area contributed by atoms with E-state index in [1.54, 1.807) is 19.1 Å². The SMILES string of the molecule is Cc1ccc(S(=O)(=O)N(C)CC(=O)OCc2nc(C)no2)cc1. The number of aryl methyl sites for hydroxylation is 2. The third-order valence-corrected chi connectivity index (χ3v) is 4.82. The normalized spacial score (nSPS) is 11.7. The lowest BCUT2D eigenvalue weighted by Crippen LogP contribution is -2.33. The van der Waals surface area contributed by atoms with E-state index >= 15 is 0 Å². The molecular formula is C14H17N3O5S. The Kier molecular flexibility index (Phi) is 5.12. The Morgan fingerprint density at radius 2 is 1.91 bits per heavy atom. The number of esters is 1. The zero-order valence-electron chi connectivity index (χ0n) is 13.0. The van der Waals surface area contributed by atoms with E-state index in [9.17, 15) is 13.2 Å². The summed E-state index contributed by atoms with van der Waals surface area (Å²) < 4.78 is 35.3. The van der Waals surface area contributed by atoms with E-state index in [2.05, 4.69) is 10.1 Å². The van der Waals surface area contributed by atoms with Crippen LogP contribution in [0.4, 0.5) is 0 Å². The highest BCUT2D eigenvalue weighted by atomic mass is 32.2. The Labute approximate surface area is 134 Å².